The molecule has 0 amide bonds. The summed E-state index contributed by atoms with van der Waals surface area (Å²) in [7, 11) is 0. The highest BCUT2D eigenvalue weighted by atomic mass is 16.7. The topological polar surface area (TPSA) is 30.8 Å². The van der Waals surface area contributed by atoms with Gasteiger partial charge in [-0.3, -0.25) is 0 Å². The Morgan fingerprint density at radius 3 is 2.75 bits per heavy atom. The summed E-state index contributed by atoms with van der Waals surface area (Å²) in [5.74, 6) is 0.762. The third-order valence-corrected chi connectivity index (χ3v) is 1.51. The molecule has 12 heavy (non-hydrogen) atoms. The number of hydrogen-bond donors (Lipinski definition) is 0. The molecule has 0 spiro atoms. The Morgan fingerprint density at radius 2 is 2.08 bits per heavy atom. The van der Waals surface area contributed by atoms with Gasteiger partial charge >= 0.3 is 6.08 Å². The summed E-state index contributed by atoms with van der Waals surface area (Å²) in [5.41, 5.74) is 0. The summed E-state index contributed by atoms with van der Waals surface area (Å²) in [6.07, 6.45) is 0.376. The fourth-order valence-corrected chi connectivity index (χ4v) is 0.967. The van der Waals surface area contributed by atoms with E-state index >= 15 is 0 Å². The molecule has 0 radical (unpaired) electrons. The number of benzene rings is 1. The molecule has 0 atom stereocenters. The van der Waals surface area contributed by atoms with E-state index in [1.165, 1.54) is 0 Å². The number of nitrogens with zero attached hydrogens (tertiary/aromatic N) is 1. The second-order valence-electron chi connectivity index (χ2n) is 2.41. The standard InChI is InChI=1S/C9H9NO2/c1-2-4-8(5-3-1)12-9-10-6-7-11-9/h1-5H,6-7H2. The van der Waals surface area contributed by atoms with E-state index < -0.39 is 0 Å². The van der Waals surface area contributed by atoms with Crippen LogP contribution >= 0.6 is 0 Å². The van der Waals surface area contributed by atoms with Crippen molar-refractivity contribution < 1.29 is 9.47 Å². The van der Waals surface area contributed by atoms with Crippen LogP contribution in [-0.2, 0) is 4.74 Å². The average molecular weight is 163 g/mol. The molecule has 1 aliphatic rings. The molecule has 62 valence electrons. The minimum atomic E-state index is 0.376. The Balaban J connectivity index is 2.04. The zero-order valence-electron chi connectivity index (χ0n) is 6.56. The van der Waals surface area contributed by atoms with Gasteiger partial charge in [-0.1, -0.05) is 18.2 Å². The first-order valence-corrected chi connectivity index (χ1v) is 3.85. The molecule has 0 saturated heterocycles. The number of para-hydroxylation sites is 1. The van der Waals surface area contributed by atoms with E-state index in [4.69, 9.17) is 9.47 Å². The van der Waals surface area contributed by atoms with Crippen LogP contribution in [0.25, 0.3) is 0 Å². The molecule has 2 rings (SSSR count). The van der Waals surface area contributed by atoms with Crippen molar-refractivity contribution in [3.05, 3.63) is 30.3 Å². The van der Waals surface area contributed by atoms with Crippen LogP contribution in [0.3, 0.4) is 0 Å². The van der Waals surface area contributed by atoms with Crippen LogP contribution in [0.5, 0.6) is 5.75 Å². The molecule has 0 unspecified atom stereocenters. The number of hydrogen-bond acceptors (Lipinski definition) is 3. The highest BCUT2D eigenvalue weighted by molar-refractivity contribution is 5.71. The van der Waals surface area contributed by atoms with Gasteiger partial charge in [0, 0.05) is 0 Å². The molecular weight excluding hydrogens is 154 g/mol. The van der Waals surface area contributed by atoms with Gasteiger partial charge in [0.25, 0.3) is 0 Å². The number of rotatable bonds is 1. The summed E-state index contributed by atoms with van der Waals surface area (Å²) >= 11 is 0. The van der Waals surface area contributed by atoms with Gasteiger partial charge in [0.15, 0.2) is 0 Å². The van der Waals surface area contributed by atoms with Crippen LogP contribution in [0.15, 0.2) is 35.3 Å². The normalized spacial score (nSPS) is 15.2. The number of ether oxygens (including phenoxy) is 2. The van der Waals surface area contributed by atoms with Crippen molar-refractivity contribution >= 4 is 6.08 Å². The van der Waals surface area contributed by atoms with Gasteiger partial charge in [0.1, 0.15) is 12.4 Å². The van der Waals surface area contributed by atoms with Crippen molar-refractivity contribution in [3.8, 4) is 5.75 Å². The molecule has 1 aliphatic heterocycles. The zero-order valence-corrected chi connectivity index (χ0v) is 6.56. The summed E-state index contributed by atoms with van der Waals surface area (Å²) < 4.78 is 10.4. The molecule has 0 aliphatic carbocycles. The average Bonchev–Trinajstić information content (AvgIpc) is 2.59. The molecule has 1 aromatic rings. The van der Waals surface area contributed by atoms with Crippen LogP contribution in [0.1, 0.15) is 0 Å². The minimum absolute atomic E-state index is 0.376. The smallest absolute Gasteiger partial charge is 0.389 e. The number of aliphatic imine (C=N–C) groups is 1. The lowest BCUT2D eigenvalue weighted by Gasteiger charge is -2.02. The molecule has 1 aromatic carbocycles. The molecule has 1 heterocycles. The van der Waals surface area contributed by atoms with Crippen LogP contribution < -0.4 is 4.74 Å². The Hall–Kier alpha value is -1.51. The molecule has 0 bridgehead atoms. The van der Waals surface area contributed by atoms with Gasteiger partial charge < -0.3 is 9.47 Å². The van der Waals surface area contributed by atoms with Gasteiger partial charge in [-0.2, -0.15) is 0 Å². The van der Waals surface area contributed by atoms with E-state index in [9.17, 15) is 0 Å². The summed E-state index contributed by atoms with van der Waals surface area (Å²) in [6, 6.07) is 9.48. The van der Waals surface area contributed by atoms with Crippen LogP contribution in [0, 0.1) is 0 Å². The van der Waals surface area contributed by atoms with Gasteiger partial charge in [0.2, 0.25) is 0 Å². The van der Waals surface area contributed by atoms with Crippen molar-refractivity contribution in [1.82, 2.24) is 0 Å². The third kappa shape index (κ3) is 1.56. The molecule has 0 fully saturated rings. The molecule has 0 N–H and O–H groups in total. The Kier molecular flexibility index (Phi) is 1.94. The SMILES string of the molecule is c1ccc(OC2=NCCO2)cc1. The maximum Gasteiger partial charge on any atom is 0.389 e. The summed E-state index contributed by atoms with van der Waals surface area (Å²) in [5, 5.41) is 0. The Labute approximate surface area is 70.6 Å². The van der Waals surface area contributed by atoms with Crippen molar-refractivity contribution in [2.75, 3.05) is 13.2 Å². The lowest BCUT2D eigenvalue weighted by atomic mass is 10.3. The van der Waals surface area contributed by atoms with E-state index in [1.807, 2.05) is 30.3 Å². The minimum Gasteiger partial charge on any atom is -0.448 e. The first-order valence-electron chi connectivity index (χ1n) is 3.85. The third-order valence-electron chi connectivity index (χ3n) is 1.51. The second kappa shape index (κ2) is 3.26. The van der Waals surface area contributed by atoms with Gasteiger partial charge in [-0.15, -0.1) is 0 Å². The van der Waals surface area contributed by atoms with E-state index in [0.29, 0.717) is 19.2 Å². The molecule has 0 aromatic heterocycles. The molecule has 0 saturated carbocycles. The van der Waals surface area contributed by atoms with E-state index in [0.717, 1.165) is 5.75 Å². The Bertz CT molecular complexity index is 282. The predicted molar refractivity (Wildman–Crippen MR) is 45.3 cm³/mol. The van der Waals surface area contributed by atoms with Crippen molar-refractivity contribution in [3.63, 3.8) is 0 Å². The zero-order chi connectivity index (χ0) is 8.23. The fourth-order valence-electron chi connectivity index (χ4n) is 0.967. The summed E-state index contributed by atoms with van der Waals surface area (Å²) in [4.78, 5) is 4.00. The van der Waals surface area contributed by atoms with E-state index in [-0.39, 0.29) is 0 Å². The first kappa shape index (κ1) is 7.16. The highest BCUT2D eigenvalue weighted by Crippen LogP contribution is 2.10. The highest BCUT2D eigenvalue weighted by Gasteiger charge is 2.08. The van der Waals surface area contributed by atoms with Crippen LogP contribution in [-0.4, -0.2) is 19.2 Å². The second-order valence-corrected chi connectivity index (χ2v) is 2.41. The first-order chi connectivity index (χ1) is 5.95. The van der Waals surface area contributed by atoms with Crippen LogP contribution in [0.4, 0.5) is 0 Å². The van der Waals surface area contributed by atoms with Crippen LogP contribution in [0.2, 0.25) is 0 Å². The van der Waals surface area contributed by atoms with Crippen molar-refractivity contribution in [2.45, 2.75) is 0 Å². The summed E-state index contributed by atoms with van der Waals surface area (Å²) in [6.45, 7) is 1.32. The van der Waals surface area contributed by atoms with Crippen molar-refractivity contribution in [1.29, 1.82) is 0 Å². The largest absolute Gasteiger partial charge is 0.448 e. The quantitative estimate of drug-likeness (QED) is 0.627. The van der Waals surface area contributed by atoms with Gasteiger partial charge in [-0.25, -0.2) is 4.99 Å². The van der Waals surface area contributed by atoms with Gasteiger partial charge in [-0.05, 0) is 12.1 Å². The molecule has 3 heteroatoms. The van der Waals surface area contributed by atoms with Crippen molar-refractivity contribution in [2.24, 2.45) is 4.99 Å². The molecular formula is C9H9NO2. The van der Waals surface area contributed by atoms with E-state index in [2.05, 4.69) is 4.99 Å². The van der Waals surface area contributed by atoms with Gasteiger partial charge in [0.05, 0.1) is 6.54 Å². The lowest BCUT2D eigenvalue weighted by Crippen LogP contribution is -2.07. The maximum atomic E-state index is 5.30. The predicted octanol–water partition coefficient (Wildman–Crippen LogP) is 1.45. The fraction of sp³-hybridized carbons (Fsp3) is 0.222. The maximum absolute atomic E-state index is 5.30. The lowest BCUT2D eigenvalue weighted by molar-refractivity contribution is 0.274. The monoisotopic (exact) mass is 163 g/mol. The Morgan fingerprint density at radius 1 is 1.25 bits per heavy atom. The molecule has 3 nitrogen and oxygen atoms in total. The van der Waals surface area contributed by atoms with E-state index in [1.54, 1.807) is 0 Å².